The van der Waals surface area contributed by atoms with Gasteiger partial charge in [-0.1, -0.05) is 31.2 Å². The Morgan fingerprint density at radius 1 is 1.35 bits per heavy atom. The second kappa shape index (κ2) is 5.57. The largest absolute Gasteiger partial charge is 0.341 e. The molecule has 0 spiro atoms. The van der Waals surface area contributed by atoms with Crippen molar-refractivity contribution in [1.29, 1.82) is 0 Å². The maximum atomic E-state index is 12.2. The molecule has 2 N–H and O–H groups in total. The minimum absolute atomic E-state index is 0.131. The first-order chi connectivity index (χ1) is 9.65. The average molecular weight is 272 g/mol. The first kappa shape index (κ1) is 13.6. The third-order valence-electron chi connectivity index (χ3n) is 4.95. The summed E-state index contributed by atoms with van der Waals surface area (Å²) < 4.78 is 0. The van der Waals surface area contributed by atoms with Gasteiger partial charge < -0.3 is 10.6 Å². The Morgan fingerprint density at radius 3 is 3.00 bits per heavy atom. The van der Waals surface area contributed by atoms with Gasteiger partial charge in [-0.05, 0) is 36.3 Å². The molecular weight excluding hydrogens is 248 g/mol. The van der Waals surface area contributed by atoms with Gasteiger partial charge in [0.05, 0.1) is 0 Å². The highest BCUT2D eigenvalue weighted by Gasteiger charge is 2.31. The van der Waals surface area contributed by atoms with Crippen LogP contribution < -0.4 is 5.73 Å². The highest BCUT2D eigenvalue weighted by Crippen LogP contribution is 2.33. The molecule has 1 fully saturated rings. The van der Waals surface area contributed by atoms with Gasteiger partial charge in [-0.3, -0.25) is 4.79 Å². The van der Waals surface area contributed by atoms with Crippen molar-refractivity contribution < 1.29 is 4.79 Å². The van der Waals surface area contributed by atoms with E-state index in [1.807, 2.05) is 4.90 Å². The molecular formula is C17H24N2O. The quantitative estimate of drug-likeness (QED) is 0.898. The maximum absolute atomic E-state index is 12.2. The van der Waals surface area contributed by atoms with Gasteiger partial charge in [-0.2, -0.15) is 0 Å². The van der Waals surface area contributed by atoms with Crippen molar-refractivity contribution in [2.75, 3.05) is 13.1 Å². The summed E-state index contributed by atoms with van der Waals surface area (Å²) in [6, 6.07) is 8.82. The fourth-order valence-electron chi connectivity index (χ4n) is 3.58. The van der Waals surface area contributed by atoms with Gasteiger partial charge in [0.15, 0.2) is 0 Å². The first-order valence-corrected chi connectivity index (χ1v) is 7.76. The van der Waals surface area contributed by atoms with Gasteiger partial charge in [-0.15, -0.1) is 0 Å². The Morgan fingerprint density at radius 2 is 2.15 bits per heavy atom. The van der Waals surface area contributed by atoms with Crippen LogP contribution in [0.25, 0.3) is 0 Å². The highest BCUT2D eigenvalue weighted by atomic mass is 16.2. The van der Waals surface area contributed by atoms with E-state index in [-0.39, 0.29) is 11.9 Å². The van der Waals surface area contributed by atoms with Gasteiger partial charge in [0.2, 0.25) is 5.91 Å². The zero-order valence-electron chi connectivity index (χ0n) is 12.2. The number of hydrogen-bond donors (Lipinski definition) is 1. The second-order valence-electron chi connectivity index (χ2n) is 6.43. The molecule has 3 heteroatoms. The third-order valence-corrected chi connectivity index (χ3v) is 4.95. The number of rotatable bonds is 2. The summed E-state index contributed by atoms with van der Waals surface area (Å²) >= 11 is 0. The number of carbonyl (C=O) groups is 1. The molecule has 0 saturated carbocycles. The molecule has 1 aliphatic carbocycles. The molecule has 0 radical (unpaired) electrons. The van der Waals surface area contributed by atoms with E-state index in [0.717, 1.165) is 13.1 Å². The molecule has 1 aromatic rings. The number of piperidine rings is 1. The first-order valence-electron chi connectivity index (χ1n) is 7.76. The summed E-state index contributed by atoms with van der Waals surface area (Å²) in [7, 11) is 0. The fraction of sp³-hybridized carbons (Fsp3) is 0.588. The number of carbonyl (C=O) groups excluding carboxylic acids is 1. The molecule has 3 rings (SSSR count). The summed E-state index contributed by atoms with van der Waals surface area (Å²) in [5.41, 5.74) is 9.04. The minimum Gasteiger partial charge on any atom is -0.341 e. The van der Waals surface area contributed by atoms with Crippen LogP contribution in [-0.2, 0) is 11.2 Å². The Kier molecular flexibility index (Phi) is 3.79. The summed E-state index contributed by atoms with van der Waals surface area (Å²) in [4.78, 5) is 14.2. The predicted octanol–water partition coefficient (Wildman–Crippen LogP) is 2.30. The Balaban J connectivity index is 1.74. The summed E-state index contributed by atoms with van der Waals surface area (Å²) in [6.07, 6.45) is 4.20. The molecule has 1 heterocycles. The number of amides is 1. The lowest BCUT2D eigenvalue weighted by atomic mass is 9.82. The van der Waals surface area contributed by atoms with Crippen molar-refractivity contribution in [3.63, 3.8) is 0 Å². The Bertz CT molecular complexity index is 500. The topological polar surface area (TPSA) is 46.3 Å². The van der Waals surface area contributed by atoms with Crippen LogP contribution in [0.1, 0.15) is 43.2 Å². The van der Waals surface area contributed by atoms with E-state index in [4.69, 9.17) is 5.73 Å². The fourth-order valence-corrected chi connectivity index (χ4v) is 3.58. The Labute approximate surface area is 121 Å². The second-order valence-corrected chi connectivity index (χ2v) is 6.43. The lowest BCUT2D eigenvalue weighted by molar-refractivity contribution is -0.135. The van der Waals surface area contributed by atoms with Crippen LogP contribution in [0.15, 0.2) is 24.3 Å². The minimum atomic E-state index is 0.131. The van der Waals surface area contributed by atoms with E-state index in [1.54, 1.807) is 0 Å². The monoisotopic (exact) mass is 272 g/mol. The molecule has 0 bridgehead atoms. The lowest BCUT2D eigenvalue weighted by Crippen LogP contribution is -2.51. The molecule has 1 aromatic carbocycles. The van der Waals surface area contributed by atoms with Crippen molar-refractivity contribution in [3.05, 3.63) is 35.4 Å². The summed E-state index contributed by atoms with van der Waals surface area (Å²) in [5.74, 6) is 1.09. The standard InChI is InChI=1S/C17H24N2O/c1-12-9-17(20)19(11-16(12)18)10-14-7-4-6-13-5-2-3-8-15(13)14/h2-3,5,8,12,14,16H,4,6-7,9-11,18H2,1H3. The predicted molar refractivity (Wildman–Crippen MR) is 80.5 cm³/mol. The van der Waals surface area contributed by atoms with Gasteiger partial charge in [-0.25, -0.2) is 0 Å². The Hall–Kier alpha value is -1.35. The van der Waals surface area contributed by atoms with Crippen molar-refractivity contribution in [2.24, 2.45) is 11.7 Å². The smallest absolute Gasteiger partial charge is 0.222 e. The summed E-state index contributed by atoms with van der Waals surface area (Å²) in [6.45, 7) is 3.64. The van der Waals surface area contributed by atoms with Crippen molar-refractivity contribution in [2.45, 2.75) is 44.6 Å². The number of nitrogens with zero attached hydrogens (tertiary/aromatic N) is 1. The number of benzene rings is 1. The van der Waals surface area contributed by atoms with Crippen LogP contribution in [0.4, 0.5) is 0 Å². The average Bonchev–Trinajstić information content (AvgIpc) is 2.45. The zero-order valence-corrected chi connectivity index (χ0v) is 12.2. The van der Waals surface area contributed by atoms with Crippen LogP contribution in [0.3, 0.4) is 0 Å². The molecule has 3 unspecified atom stereocenters. The molecule has 108 valence electrons. The number of hydrogen-bond acceptors (Lipinski definition) is 2. The van der Waals surface area contributed by atoms with Crippen molar-refractivity contribution in [3.8, 4) is 0 Å². The van der Waals surface area contributed by atoms with Crippen LogP contribution in [-0.4, -0.2) is 29.9 Å². The molecule has 1 amide bonds. The van der Waals surface area contributed by atoms with Crippen LogP contribution in [0, 0.1) is 5.92 Å². The van der Waals surface area contributed by atoms with Crippen LogP contribution in [0.2, 0.25) is 0 Å². The van der Waals surface area contributed by atoms with Crippen molar-refractivity contribution in [1.82, 2.24) is 4.90 Å². The molecule has 3 atom stereocenters. The number of nitrogens with two attached hydrogens (primary N) is 1. The summed E-state index contributed by atoms with van der Waals surface area (Å²) in [5, 5.41) is 0. The third kappa shape index (κ3) is 2.59. The lowest BCUT2D eigenvalue weighted by Gasteiger charge is -2.38. The molecule has 0 aromatic heterocycles. The molecule has 2 aliphatic rings. The van der Waals surface area contributed by atoms with E-state index < -0.39 is 0 Å². The van der Waals surface area contributed by atoms with Gasteiger partial charge in [0, 0.05) is 31.5 Å². The molecule has 20 heavy (non-hydrogen) atoms. The number of aryl methyl sites for hydroxylation is 1. The van der Waals surface area contributed by atoms with Gasteiger partial charge >= 0.3 is 0 Å². The maximum Gasteiger partial charge on any atom is 0.222 e. The SMILES string of the molecule is CC1CC(=O)N(CC2CCCc3ccccc32)CC1N. The van der Waals surface area contributed by atoms with Gasteiger partial charge in [0.1, 0.15) is 0 Å². The van der Waals surface area contributed by atoms with Crippen LogP contribution >= 0.6 is 0 Å². The zero-order chi connectivity index (χ0) is 14.1. The van der Waals surface area contributed by atoms with E-state index in [9.17, 15) is 4.79 Å². The molecule has 3 nitrogen and oxygen atoms in total. The van der Waals surface area contributed by atoms with E-state index >= 15 is 0 Å². The molecule has 1 saturated heterocycles. The highest BCUT2D eigenvalue weighted by molar-refractivity contribution is 5.77. The van der Waals surface area contributed by atoms with Crippen molar-refractivity contribution >= 4 is 5.91 Å². The van der Waals surface area contributed by atoms with Crippen LogP contribution in [0.5, 0.6) is 0 Å². The van der Waals surface area contributed by atoms with E-state index in [1.165, 1.54) is 30.4 Å². The normalized spacial score (nSPS) is 30.2. The van der Waals surface area contributed by atoms with Gasteiger partial charge in [0.25, 0.3) is 0 Å². The van der Waals surface area contributed by atoms with E-state index in [2.05, 4.69) is 31.2 Å². The molecule has 1 aliphatic heterocycles. The van der Waals surface area contributed by atoms with E-state index in [0.29, 0.717) is 18.3 Å². The number of fused-ring (bicyclic) bond motifs is 1. The number of likely N-dealkylation sites (tertiary alicyclic amines) is 1.